The second-order valence-electron chi connectivity index (χ2n) is 4.46. The Kier molecular flexibility index (Phi) is 5.22. The summed E-state index contributed by atoms with van der Waals surface area (Å²) in [5.41, 5.74) is 0. The van der Waals surface area contributed by atoms with Crippen molar-refractivity contribution in [2.45, 2.75) is 38.8 Å². The minimum atomic E-state index is -0.0180. The Labute approximate surface area is 98.3 Å². The lowest BCUT2D eigenvalue weighted by atomic mass is 10.0. The second-order valence-corrected chi connectivity index (χ2v) is 4.46. The first kappa shape index (κ1) is 13.5. The number of likely N-dealkylation sites (N-methyl/N-ethyl adjacent to an activating group) is 1. The van der Waals surface area contributed by atoms with Gasteiger partial charge in [-0.25, -0.2) is 0 Å². The van der Waals surface area contributed by atoms with Gasteiger partial charge in [0.1, 0.15) is 0 Å². The Morgan fingerprint density at radius 2 is 2.06 bits per heavy atom. The van der Waals surface area contributed by atoms with Crippen molar-refractivity contribution in [2.75, 3.05) is 27.3 Å². The fraction of sp³-hybridized carbons (Fsp3) is 0.917. The monoisotopic (exact) mass is 228 g/mol. The topological polar surface area (TPSA) is 41.6 Å². The molecule has 1 amide bonds. The van der Waals surface area contributed by atoms with Crippen molar-refractivity contribution in [3.63, 3.8) is 0 Å². The summed E-state index contributed by atoms with van der Waals surface area (Å²) < 4.78 is 5.37. The fourth-order valence-electron chi connectivity index (χ4n) is 2.36. The van der Waals surface area contributed by atoms with E-state index in [1.54, 1.807) is 0 Å². The first-order valence-electron chi connectivity index (χ1n) is 6.17. The average molecular weight is 228 g/mol. The van der Waals surface area contributed by atoms with Gasteiger partial charge < -0.3 is 15.0 Å². The Hall–Kier alpha value is -0.610. The Balaban J connectivity index is 2.62. The molecule has 0 aromatic heterocycles. The molecule has 2 unspecified atom stereocenters. The molecule has 0 spiro atoms. The molecule has 1 rings (SSSR count). The molecule has 0 aromatic carbocycles. The summed E-state index contributed by atoms with van der Waals surface area (Å²) in [5, 5.41) is 3.15. The van der Waals surface area contributed by atoms with Crippen molar-refractivity contribution >= 4 is 5.91 Å². The molecule has 1 aliphatic heterocycles. The van der Waals surface area contributed by atoms with Crippen LogP contribution in [0.3, 0.4) is 0 Å². The zero-order chi connectivity index (χ0) is 12.1. The summed E-state index contributed by atoms with van der Waals surface area (Å²) in [4.78, 5) is 14.2. The molecule has 4 heteroatoms. The van der Waals surface area contributed by atoms with Gasteiger partial charge in [0.05, 0.1) is 19.1 Å². The maximum absolute atomic E-state index is 12.3. The van der Waals surface area contributed by atoms with E-state index in [1.807, 2.05) is 19.0 Å². The quantitative estimate of drug-likeness (QED) is 0.759. The van der Waals surface area contributed by atoms with Gasteiger partial charge in [-0.05, 0) is 19.9 Å². The molecule has 1 saturated heterocycles. The first-order valence-corrected chi connectivity index (χ1v) is 6.17. The summed E-state index contributed by atoms with van der Waals surface area (Å²) in [6.07, 6.45) is 2.02. The van der Waals surface area contributed by atoms with Crippen molar-refractivity contribution in [3.8, 4) is 0 Å². The van der Waals surface area contributed by atoms with E-state index >= 15 is 0 Å². The highest BCUT2D eigenvalue weighted by atomic mass is 16.5. The van der Waals surface area contributed by atoms with E-state index in [-0.39, 0.29) is 17.9 Å². The molecule has 16 heavy (non-hydrogen) atoms. The fourth-order valence-corrected chi connectivity index (χ4v) is 2.36. The van der Waals surface area contributed by atoms with Crippen LogP contribution in [0.2, 0.25) is 0 Å². The Bertz CT molecular complexity index is 229. The van der Waals surface area contributed by atoms with Crippen molar-refractivity contribution < 1.29 is 9.53 Å². The van der Waals surface area contributed by atoms with Gasteiger partial charge in [0.25, 0.3) is 0 Å². The van der Waals surface area contributed by atoms with Crippen LogP contribution in [0.4, 0.5) is 0 Å². The molecule has 1 aliphatic rings. The van der Waals surface area contributed by atoms with E-state index in [1.165, 1.54) is 0 Å². The SMILES string of the molecule is CCC(CC)N(C)C(=O)C1COCC1NC. The van der Waals surface area contributed by atoms with Crippen LogP contribution in [0.15, 0.2) is 0 Å². The van der Waals surface area contributed by atoms with Crippen LogP contribution in [0.5, 0.6) is 0 Å². The number of carbonyl (C=O) groups excluding carboxylic acids is 1. The van der Waals surface area contributed by atoms with E-state index in [9.17, 15) is 4.79 Å². The minimum Gasteiger partial charge on any atom is -0.379 e. The lowest BCUT2D eigenvalue weighted by Crippen LogP contribution is -2.46. The molecule has 2 atom stereocenters. The number of hydrogen-bond donors (Lipinski definition) is 1. The van der Waals surface area contributed by atoms with Gasteiger partial charge in [-0.1, -0.05) is 13.8 Å². The largest absolute Gasteiger partial charge is 0.379 e. The third-order valence-electron chi connectivity index (χ3n) is 3.61. The third-order valence-corrected chi connectivity index (χ3v) is 3.61. The molecule has 94 valence electrons. The van der Waals surface area contributed by atoms with Gasteiger partial charge >= 0.3 is 0 Å². The maximum atomic E-state index is 12.3. The highest BCUT2D eigenvalue weighted by molar-refractivity contribution is 5.80. The van der Waals surface area contributed by atoms with Crippen LogP contribution < -0.4 is 5.32 Å². The van der Waals surface area contributed by atoms with E-state index in [4.69, 9.17) is 4.74 Å². The molecular weight excluding hydrogens is 204 g/mol. The first-order chi connectivity index (χ1) is 7.65. The molecule has 1 heterocycles. The molecule has 0 radical (unpaired) electrons. The lowest BCUT2D eigenvalue weighted by Gasteiger charge is -2.30. The smallest absolute Gasteiger partial charge is 0.229 e. The Morgan fingerprint density at radius 3 is 2.56 bits per heavy atom. The molecule has 4 nitrogen and oxygen atoms in total. The predicted octanol–water partition coefficient (Wildman–Crippen LogP) is 0.868. The summed E-state index contributed by atoms with van der Waals surface area (Å²) in [5.74, 6) is 0.196. The van der Waals surface area contributed by atoms with E-state index in [0.717, 1.165) is 12.8 Å². The van der Waals surface area contributed by atoms with Gasteiger partial charge in [0, 0.05) is 19.1 Å². The van der Waals surface area contributed by atoms with Gasteiger partial charge in [-0.15, -0.1) is 0 Å². The number of rotatable bonds is 5. The molecule has 0 bridgehead atoms. The summed E-state index contributed by atoms with van der Waals surface area (Å²) in [7, 11) is 3.79. The number of amides is 1. The van der Waals surface area contributed by atoms with E-state index in [2.05, 4.69) is 19.2 Å². The zero-order valence-electron chi connectivity index (χ0n) is 10.8. The van der Waals surface area contributed by atoms with Gasteiger partial charge in [-0.2, -0.15) is 0 Å². The van der Waals surface area contributed by atoms with Crippen LogP contribution in [0.25, 0.3) is 0 Å². The number of ether oxygens (including phenoxy) is 1. The van der Waals surface area contributed by atoms with Crippen molar-refractivity contribution in [1.82, 2.24) is 10.2 Å². The van der Waals surface area contributed by atoms with Crippen molar-refractivity contribution in [1.29, 1.82) is 0 Å². The highest BCUT2D eigenvalue weighted by Crippen LogP contribution is 2.18. The molecule has 0 saturated carbocycles. The summed E-state index contributed by atoms with van der Waals surface area (Å²) in [6.45, 7) is 5.44. The minimum absolute atomic E-state index is 0.0180. The lowest BCUT2D eigenvalue weighted by molar-refractivity contribution is -0.136. The van der Waals surface area contributed by atoms with Crippen LogP contribution in [0, 0.1) is 5.92 Å². The van der Waals surface area contributed by atoms with Gasteiger partial charge in [-0.3, -0.25) is 4.79 Å². The van der Waals surface area contributed by atoms with Crippen LogP contribution >= 0.6 is 0 Å². The van der Waals surface area contributed by atoms with Gasteiger partial charge in [0.15, 0.2) is 0 Å². The standard InChI is InChI=1S/C12H24N2O2/c1-5-9(6-2)14(4)12(15)10-7-16-8-11(10)13-3/h9-11,13H,5-8H2,1-4H3. The average Bonchev–Trinajstić information content (AvgIpc) is 2.77. The molecule has 0 aromatic rings. The van der Waals surface area contributed by atoms with E-state index in [0.29, 0.717) is 19.3 Å². The van der Waals surface area contributed by atoms with Gasteiger partial charge in [0.2, 0.25) is 5.91 Å². The number of hydrogen-bond acceptors (Lipinski definition) is 3. The Morgan fingerprint density at radius 1 is 1.44 bits per heavy atom. The van der Waals surface area contributed by atoms with Crippen molar-refractivity contribution in [2.24, 2.45) is 5.92 Å². The van der Waals surface area contributed by atoms with Crippen LogP contribution in [-0.4, -0.2) is 50.2 Å². The molecule has 0 aliphatic carbocycles. The second kappa shape index (κ2) is 6.21. The highest BCUT2D eigenvalue weighted by Gasteiger charge is 2.35. The predicted molar refractivity (Wildman–Crippen MR) is 64.3 cm³/mol. The molecule has 1 N–H and O–H groups in total. The van der Waals surface area contributed by atoms with Crippen LogP contribution in [-0.2, 0) is 9.53 Å². The number of nitrogens with one attached hydrogen (secondary N) is 1. The third kappa shape index (κ3) is 2.74. The maximum Gasteiger partial charge on any atom is 0.229 e. The normalized spacial score (nSPS) is 25.1. The van der Waals surface area contributed by atoms with Crippen molar-refractivity contribution in [3.05, 3.63) is 0 Å². The molecule has 1 fully saturated rings. The summed E-state index contributed by atoms with van der Waals surface area (Å²) in [6, 6.07) is 0.523. The number of nitrogens with zero attached hydrogens (tertiary/aromatic N) is 1. The number of carbonyl (C=O) groups is 1. The molecular formula is C12H24N2O2. The van der Waals surface area contributed by atoms with E-state index < -0.39 is 0 Å². The zero-order valence-corrected chi connectivity index (χ0v) is 10.8. The van der Waals surface area contributed by atoms with Crippen LogP contribution in [0.1, 0.15) is 26.7 Å². The summed E-state index contributed by atoms with van der Waals surface area (Å²) >= 11 is 0.